The second-order valence-electron chi connectivity index (χ2n) is 10.1. The van der Waals surface area contributed by atoms with E-state index in [1.54, 1.807) is 19.2 Å². The lowest BCUT2D eigenvalue weighted by molar-refractivity contribution is -0.133. The Morgan fingerprint density at radius 2 is 1.70 bits per heavy atom. The number of hydrogen-bond acceptors (Lipinski definition) is 6. The Morgan fingerprint density at radius 3 is 2.38 bits per heavy atom. The number of carbonyl (C=O) groups is 2. The fraction of sp³-hybridized carbons (Fsp3) is 0.533. The molecule has 200 valence electrons. The van der Waals surface area contributed by atoms with Gasteiger partial charge in [0.05, 0.1) is 32.5 Å². The number of hydrogen-bond donors (Lipinski definition) is 0. The van der Waals surface area contributed by atoms with Gasteiger partial charge in [0.15, 0.2) is 0 Å². The Balaban J connectivity index is 1.33. The molecular formula is C30H40N2O5. The predicted molar refractivity (Wildman–Crippen MR) is 143 cm³/mol. The highest BCUT2D eigenvalue weighted by molar-refractivity contribution is 5.89. The SMILES string of the molecule is COC(=O)c1ccc(CO[C@H](CN2CCN(C(=O)CCC3CCCC3)CC2)c2cccc(OC)c2)cc1. The van der Waals surface area contributed by atoms with Crippen LogP contribution < -0.4 is 4.74 Å². The summed E-state index contributed by atoms with van der Waals surface area (Å²) >= 11 is 0. The molecule has 1 aliphatic carbocycles. The van der Waals surface area contributed by atoms with Crippen molar-refractivity contribution in [3.8, 4) is 5.75 Å². The number of ether oxygens (including phenoxy) is 3. The largest absolute Gasteiger partial charge is 0.497 e. The Kier molecular flexibility index (Phi) is 9.97. The standard InChI is InChI=1S/C30H40N2O5/c1-35-27-9-5-8-26(20-27)28(37-22-24-10-13-25(14-11-24)30(34)36-2)21-31-16-18-32(19-17-31)29(33)15-12-23-6-3-4-7-23/h5,8-11,13-14,20,23,28H,3-4,6-7,12,15-19,21-22H2,1-2H3/t28-/m1/s1. The molecule has 1 amide bonds. The third-order valence-corrected chi connectivity index (χ3v) is 7.68. The molecule has 1 atom stereocenters. The molecule has 7 heteroatoms. The fourth-order valence-corrected chi connectivity index (χ4v) is 5.35. The van der Waals surface area contributed by atoms with Gasteiger partial charge in [0.2, 0.25) is 5.91 Å². The molecule has 7 nitrogen and oxygen atoms in total. The number of piperazine rings is 1. The number of rotatable bonds is 11. The smallest absolute Gasteiger partial charge is 0.337 e. The lowest BCUT2D eigenvalue weighted by Gasteiger charge is -2.36. The van der Waals surface area contributed by atoms with Crippen LogP contribution in [-0.2, 0) is 20.9 Å². The van der Waals surface area contributed by atoms with Gasteiger partial charge in [0, 0.05) is 39.1 Å². The summed E-state index contributed by atoms with van der Waals surface area (Å²) in [4.78, 5) is 28.9. The van der Waals surface area contributed by atoms with Gasteiger partial charge in [-0.3, -0.25) is 9.69 Å². The maximum atomic E-state index is 12.8. The molecule has 0 spiro atoms. The topological polar surface area (TPSA) is 68.3 Å². The van der Waals surface area contributed by atoms with Crippen molar-refractivity contribution in [1.29, 1.82) is 0 Å². The fourth-order valence-electron chi connectivity index (χ4n) is 5.35. The predicted octanol–water partition coefficient (Wildman–Crippen LogP) is 4.85. The normalized spacial score (nSPS) is 17.5. The number of amides is 1. The van der Waals surface area contributed by atoms with Gasteiger partial charge in [0.1, 0.15) is 5.75 Å². The van der Waals surface area contributed by atoms with Crippen molar-refractivity contribution in [1.82, 2.24) is 9.80 Å². The average Bonchev–Trinajstić information content (AvgIpc) is 3.48. The first-order valence-electron chi connectivity index (χ1n) is 13.5. The first-order valence-corrected chi connectivity index (χ1v) is 13.5. The summed E-state index contributed by atoms with van der Waals surface area (Å²) in [7, 11) is 3.05. The Bertz CT molecular complexity index is 1010. The van der Waals surface area contributed by atoms with E-state index in [9.17, 15) is 9.59 Å². The van der Waals surface area contributed by atoms with E-state index in [1.807, 2.05) is 35.2 Å². The maximum Gasteiger partial charge on any atom is 0.337 e. The van der Waals surface area contributed by atoms with E-state index in [0.717, 1.165) is 61.9 Å². The first kappa shape index (κ1) is 27.1. The molecule has 0 N–H and O–H groups in total. The quantitative estimate of drug-likeness (QED) is 0.404. The Labute approximate surface area is 220 Å². The van der Waals surface area contributed by atoms with Crippen molar-refractivity contribution in [3.63, 3.8) is 0 Å². The average molecular weight is 509 g/mol. The second kappa shape index (κ2) is 13.6. The van der Waals surface area contributed by atoms with Crippen LogP contribution in [0.5, 0.6) is 5.75 Å². The zero-order valence-electron chi connectivity index (χ0n) is 22.2. The minimum absolute atomic E-state index is 0.153. The highest BCUT2D eigenvalue weighted by Crippen LogP contribution is 2.29. The zero-order chi connectivity index (χ0) is 26.0. The summed E-state index contributed by atoms with van der Waals surface area (Å²) in [6, 6.07) is 15.3. The summed E-state index contributed by atoms with van der Waals surface area (Å²) in [6.07, 6.45) is 6.82. The summed E-state index contributed by atoms with van der Waals surface area (Å²) in [5, 5.41) is 0. The zero-order valence-corrected chi connectivity index (χ0v) is 22.2. The molecule has 0 unspecified atom stereocenters. The van der Waals surface area contributed by atoms with Crippen LogP contribution in [0.1, 0.15) is 66.1 Å². The van der Waals surface area contributed by atoms with Crippen LogP contribution in [0.3, 0.4) is 0 Å². The van der Waals surface area contributed by atoms with Crippen LogP contribution in [0.4, 0.5) is 0 Å². The highest BCUT2D eigenvalue weighted by Gasteiger charge is 2.25. The lowest BCUT2D eigenvalue weighted by Crippen LogP contribution is -2.49. The molecule has 2 fully saturated rings. The number of methoxy groups -OCH3 is 2. The molecule has 0 bridgehead atoms. The van der Waals surface area contributed by atoms with Gasteiger partial charge in [-0.1, -0.05) is 49.9 Å². The molecule has 2 aromatic carbocycles. The third-order valence-electron chi connectivity index (χ3n) is 7.68. The van der Waals surface area contributed by atoms with Gasteiger partial charge < -0.3 is 19.1 Å². The molecule has 1 saturated heterocycles. The van der Waals surface area contributed by atoms with Crippen LogP contribution >= 0.6 is 0 Å². The van der Waals surface area contributed by atoms with Gasteiger partial charge in [-0.15, -0.1) is 0 Å². The van der Waals surface area contributed by atoms with Crippen LogP contribution in [-0.4, -0.2) is 68.6 Å². The minimum Gasteiger partial charge on any atom is -0.497 e. The van der Waals surface area contributed by atoms with Crippen molar-refractivity contribution in [2.24, 2.45) is 5.92 Å². The van der Waals surface area contributed by atoms with E-state index in [4.69, 9.17) is 14.2 Å². The highest BCUT2D eigenvalue weighted by atomic mass is 16.5. The van der Waals surface area contributed by atoms with E-state index >= 15 is 0 Å². The van der Waals surface area contributed by atoms with Crippen molar-refractivity contribution < 1.29 is 23.8 Å². The number of benzene rings is 2. The van der Waals surface area contributed by atoms with E-state index in [2.05, 4.69) is 11.0 Å². The second-order valence-corrected chi connectivity index (χ2v) is 10.1. The molecule has 37 heavy (non-hydrogen) atoms. The molecule has 1 saturated carbocycles. The summed E-state index contributed by atoms with van der Waals surface area (Å²) in [6.45, 7) is 4.37. The van der Waals surface area contributed by atoms with Crippen LogP contribution in [0, 0.1) is 5.92 Å². The first-order chi connectivity index (χ1) is 18.1. The Hall–Kier alpha value is -2.90. The minimum atomic E-state index is -0.349. The van der Waals surface area contributed by atoms with Gasteiger partial charge in [-0.2, -0.15) is 0 Å². The number of esters is 1. The van der Waals surface area contributed by atoms with Crippen molar-refractivity contribution in [2.45, 2.75) is 51.2 Å². The van der Waals surface area contributed by atoms with Gasteiger partial charge in [0.25, 0.3) is 0 Å². The van der Waals surface area contributed by atoms with Crippen molar-refractivity contribution >= 4 is 11.9 Å². The summed E-state index contributed by atoms with van der Waals surface area (Å²) < 4.78 is 16.7. The summed E-state index contributed by atoms with van der Waals surface area (Å²) in [5.74, 6) is 1.51. The third kappa shape index (κ3) is 7.79. The number of nitrogens with zero attached hydrogens (tertiary/aromatic N) is 2. The van der Waals surface area contributed by atoms with Crippen LogP contribution in [0.15, 0.2) is 48.5 Å². The Morgan fingerprint density at radius 1 is 0.973 bits per heavy atom. The molecule has 4 rings (SSSR count). The van der Waals surface area contributed by atoms with E-state index in [0.29, 0.717) is 24.5 Å². The molecule has 2 aliphatic rings. The molecule has 2 aromatic rings. The molecule has 1 heterocycles. The van der Waals surface area contributed by atoms with E-state index in [-0.39, 0.29) is 12.1 Å². The van der Waals surface area contributed by atoms with Crippen molar-refractivity contribution in [2.75, 3.05) is 46.9 Å². The maximum absolute atomic E-state index is 12.8. The monoisotopic (exact) mass is 508 g/mol. The van der Waals surface area contributed by atoms with E-state index in [1.165, 1.54) is 32.8 Å². The van der Waals surface area contributed by atoms with Gasteiger partial charge in [-0.05, 0) is 47.7 Å². The van der Waals surface area contributed by atoms with Gasteiger partial charge >= 0.3 is 5.97 Å². The van der Waals surface area contributed by atoms with Gasteiger partial charge in [-0.25, -0.2) is 4.79 Å². The summed E-state index contributed by atoms with van der Waals surface area (Å²) in [5.41, 5.74) is 2.56. The van der Waals surface area contributed by atoms with Crippen LogP contribution in [0.2, 0.25) is 0 Å². The molecule has 0 aromatic heterocycles. The van der Waals surface area contributed by atoms with Crippen LogP contribution in [0.25, 0.3) is 0 Å². The van der Waals surface area contributed by atoms with Crippen molar-refractivity contribution in [3.05, 3.63) is 65.2 Å². The molecule has 1 aliphatic heterocycles. The molecule has 0 radical (unpaired) electrons. The van der Waals surface area contributed by atoms with E-state index < -0.39 is 0 Å². The lowest BCUT2D eigenvalue weighted by atomic mass is 10.0. The molecular weight excluding hydrogens is 468 g/mol. The number of carbonyl (C=O) groups excluding carboxylic acids is 2.